The number of hydrogen-bond acceptors (Lipinski definition) is 3. The average molecular weight is 159 g/mol. The second kappa shape index (κ2) is 5.13. The van der Waals surface area contributed by atoms with Gasteiger partial charge in [0.1, 0.15) is 0 Å². The lowest BCUT2D eigenvalue weighted by Crippen LogP contribution is -2.27. The van der Waals surface area contributed by atoms with Crippen molar-refractivity contribution in [1.82, 2.24) is 0 Å². The van der Waals surface area contributed by atoms with Crippen LogP contribution in [0.15, 0.2) is 0 Å². The van der Waals surface area contributed by atoms with Crippen molar-refractivity contribution in [3.8, 4) is 0 Å². The Balaban J connectivity index is 3.45. The molecule has 0 bridgehead atoms. The zero-order chi connectivity index (χ0) is 8.85. The van der Waals surface area contributed by atoms with Gasteiger partial charge in [-0.25, -0.2) is 0 Å². The molecule has 3 heteroatoms. The highest BCUT2D eigenvalue weighted by Crippen LogP contribution is 2.05. The molecule has 0 spiro atoms. The first-order chi connectivity index (χ1) is 5.07. The fraction of sp³-hybridized carbons (Fsp3) is 0.875. The van der Waals surface area contributed by atoms with Gasteiger partial charge in [-0.2, -0.15) is 0 Å². The summed E-state index contributed by atoms with van der Waals surface area (Å²) in [6.07, 6.45) is 1.14. The maximum atomic E-state index is 10.7. The minimum absolute atomic E-state index is 0.106. The Bertz CT molecular complexity index is 123. The molecule has 0 aromatic heterocycles. The van der Waals surface area contributed by atoms with E-state index in [1.165, 1.54) is 7.11 Å². The highest BCUT2D eigenvalue weighted by Gasteiger charge is 2.09. The van der Waals surface area contributed by atoms with Crippen molar-refractivity contribution in [2.75, 3.05) is 7.11 Å². The molecule has 0 radical (unpaired) electrons. The lowest BCUT2D eigenvalue weighted by atomic mass is 10.0. The molecule has 0 aliphatic heterocycles. The Kier molecular flexibility index (Phi) is 4.86. The Hall–Kier alpha value is -0.570. The molecule has 1 atom stereocenters. The Morgan fingerprint density at radius 1 is 1.55 bits per heavy atom. The van der Waals surface area contributed by atoms with E-state index in [0.717, 1.165) is 0 Å². The van der Waals surface area contributed by atoms with Crippen LogP contribution in [-0.4, -0.2) is 19.1 Å². The summed E-state index contributed by atoms with van der Waals surface area (Å²) in [5.74, 6) is 0.251. The molecule has 0 saturated carbocycles. The number of methoxy groups -OCH3 is 1. The molecule has 66 valence electrons. The van der Waals surface area contributed by atoms with E-state index in [0.29, 0.717) is 18.8 Å². The van der Waals surface area contributed by atoms with Gasteiger partial charge in [-0.15, -0.1) is 0 Å². The first-order valence-corrected chi connectivity index (χ1v) is 3.90. The van der Waals surface area contributed by atoms with Crippen molar-refractivity contribution < 1.29 is 9.53 Å². The molecule has 0 fully saturated rings. The summed E-state index contributed by atoms with van der Waals surface area (Å²) in [5, 5.41) is 0. The summed E-state index contributed by atoms with van der Waals surface area (Å²) in [7, 11) is 1.39. The highest BCUT2D eigenvalue weighted by molar-refractivity contribution is 5.69. The largest absolute Gasteiger partial charge is 0.469 e. The van der Waals surface area contributed by atoms with Gasteiger partial charge in [-0.1, -0.05) is 13.8 Å². The number of hydrogen-bond donors (Lipinski definition) is 1. The SMILES string of the molecule is COC(=O)CC[C@@H](N)C(C)C. The molecule has 0 aromatic carbocycles. The highest BCUT2D eigenvalue weighted by atomic mass is 16.5. The number of ether oxygens (including phenoxy) is 1. The van der Waals surface area contributed by atoms with Crippen LogP contribution >= 0.6 is 0 Å². The van der Waals surface area contributed by atoms with Crippen LogP contribution in [0.5, 0.6) is 0 Å². The molecule has 3 nitrogen and oxygen atoms in total. The third kappa shape index (κ3) is 4.79. The minimum atomic E-state index is -0.180. The molecule has 2 N–H and O–H groups in total. The van der Waals surface area contributed by atoms with Crippen molar-refractivity contribution in [2.45, 2.75) is 32.7 Å². The molecular weight excluding hydrogens is 142 g/mol. The normalized spacial score (nSPS) is 13.2. The van der Waals surface area contributed by atoms with E-state index in [-0.39, 0.29) is 12.0 Å². The van der Waals surface area contributed by atoms with Crippen molar-refractivity contribution in [3.63, 3.8) is 0 Å². The molecule has 0 aromatic rings. The van der Waals surface area contributed by atoms with E-state index >= 15 is 0 Å². The molecule has 0 rings (SSSR count). The standard InChI is InChI=1S/C8H17NO2/c1-6(2)7(9)4-5-8(10)11-3/h6-7H,4-5,9H2,1-3H3/t7-/m1/s1. The van der Waals surface area contributed by atoms with Crippen LogP contribution in [0.3, 0.4) is 0 Å². The first-order valence-electron chi connectivity index (χ1n) is 3.90. The minimum Gasteiger partial charge on any atom is -0.469 e. The number of carbonyl (C=O) groups is 1. The van der Waals surface area contributed by atoms with Crippen LogP contribution in [0.4, 0.5) is 0 Å². The van der Waals surface area contributed by atoms with Gasteiger partial charge in [0.25, 0.3) is 0 Å². The fourth-order valence-electron chi connectivity index (χ4n) is 0.720. The second-order valence-corrected chi connectivity index (χ2v) is 3.02. The third-order valence-electron chi connectivity index (χ3n) is 1.77. The smallest absolute Gasteiger partial charge is 0.305 e. The second-order valence-electron chi connectivity index (χ2n) is 3.02. The zero-order valence-electron chi connectivity index (χ0n) is 7.46. The molecule has 0 amide bonds. The van der Waals surface area contributed by atoms with Gasteiger partial charge in [-0.3, -0.25) is 4.79 Å². The third-order valence-corrected chi connectivity index (χ3v) is 1.77. The van der Waals surface area contributed by atoms with Crippen molar-refractivity contribution >= 4 is 5.97 Å². The van der Waals surface area contributed by atoms with Crippen molar-refractivity contribution in [1.29, 1.82) is 0 Å². The summed E-state index contributed by atoms with van der Waals surface area (Å²) in [6, 6.07) is 0.106. The monoisotopic (exact) mass is 159 g/mol. The maximum Gasteiger partial charge on any atom is 0.305 e. The topological polar surface area (TPSA) is 52.3 Å². The van der Waals surface area contributed by atoms with E-state index in [1.54, 1.807) is 0 Å². The molecule has 0 aliphatic rings. The number of nitrogens with two attached hydrogens (primary N) is 1. The predicted octanol–water partition coefficient (Wildman–Crippen LogP) is 0.923. The van der Waals surface area contributed by atoms with Crippen LogP contribution in [0.2, 0.25) is 0 Å². The van der Waals surface area contributed by atoms with Gasteiger partial charge < -0.3 is 10.5 Å². The summed E-state index contributed by atoms with van der Waals surface area (Å²) in [5.41, 5.74) is 5.71. The van der Waals surface area contributed by atoms with Crippen molar-refractivity contribution in [3.05, 3.63) is 0 Å². The van der Waals surface area contributed by atoms with Crippen LogP contribution < -0.4 is 5.73 Å². The zero-order valence-corrected chi connectivity index (χ0v) is 7.46. The Morgan fingerprint density at radius 2 is 2.09 bits per heavy atom. The van der Waals surface area contributed by atoms with Crippen molar-refractivity contribution in [2.24, 2.45) is 11.7 Å². The first kappa shape index (κ1) is 10.4. The Labute approximate surface area is 67.9 Å². The maximum absolute atomic E-state index is 10.7. The molecule has 0 aliphatic carbocycles. The molecular formula is C8H17NO2. The predicted molar refractivity (Wildman–Crippen MR) is 44.1 cm³/mol. The van der Waals surface area contributed by atoms with Crippen LogP contribution in [0.1, 0.15) is 26.7 Å². The molecule has 0 saturated heterocycles. The lowest BCUT2D eigenvalue weighted by molar-refractivity contribution is -0.140. The van der Waals surface area contributed by atoms with E-state index in [2.05, 4.69) is 4.74 Å². The van der Waals surface area contributed by atoms with E-state index < -0.39 is 0 Å². The van der Waals surface area contributed by atoms with Gasteiger partial charge >= 0.3 is 5.97 Å². The molecule has 0 heterocycles. The summed E-state index contributed by atoms with van der Waals surface area (Å²) in [4.78, 5) is 10.7. The lowest BCUT2D eigenvalue weighted by Gasteiger charge is -2.13. The van der Waals surface area contributed by atoms with Gasteiger partial charge in [0.2, 0.25) is 0 Å². The van der Waals surface area contributed by atoms with E-state index in [1.807, 2.05) is 13.8 Å². The molecule has 11 heavy (non-hydrogen) atoms. The summed E-state index contributed by atoms with van der Waals surface area (Å²) >= 11 is 0. The average Bonchev–Trinajstić information content (AvgIpc) is 1.99. The van der Waals surface area contributed by atoms with E-state index in [4.69, 9.17) is 5.73 Å². The summed E-state index contributed by atoms with van der Waals surface area (Å²) in [6.45, 7) is 4.09. The quantitative estimate of drug-likeness (QED) is 0.621. The number of carbonyl (C=O) groups excluding carboxylic acids is 1. The van der Waals surface area contributed by atoms with Crippen LogP contribution in [-0.2, 0) is 9.53 Å². The molecule has 0 unspecified atom stereocenters. The van der Waals surface area contributed by atoms with Gasteiger partial charge in [-0.05, 0) is 12.3 Å². The van der Waals surface area contributed by atoms with Crippen LogP contribution in [0.25, 0.3) is 0 Å². The number of rotatable bonds is 4. The van der Waals surface area contributed by atoms with E-state index in [9.17, 15) is 4.79 Å². The Morgan fingerprint density at radius 3 is 2.45 bits per heavy atom. The van der Waals surface area contributed by atoms with Gasteiger partial charge in [0.05, 0.1) is 7.11 Å². The summed E-state index contributed by atoms with van der Waals surface area (Å²) < 4.78 is 4.49. The van der Waals surface area contributed by atoms with Gasteiger partial charge in [0, 0.05) is 12.5 Å². The van der Waals surface area contributed by atoms with Crippen LogP contribution in [0, 0.1) is 5.92 Å². The number of esters is 1. The fourth-order valence-corrected chi connectivity index (χ4v) is 0.720. The van der Waals surface area contributed by atoms with Gasteiger partial charge in [0.15, 0.2) is 0 Å².